The van der Waals surface area contributed by atoms with Crippen molar-refractivity contribution < 1.29 is 5.11 Å². The number of hydrogen-bond donors (Lipinski definition) is 1. The van der Waals surface area contributed by atoms with Crippen LogP contribution in [-0.2, 0) is 12.8 Å². The van der Waals surface area contributed by atoms with Gasteiger partial charge >= 0.3 is 0 Å². The molecule has 2 heteroatoms. The lowest BCUT2D eigenvalue weighted by Crippen LogP contribution is -2.32. The van der Waals surface area contributed by atoms with Crippen molar-refractivity contribution in [2.75, 3.05) is 11.4 Å². The Morgan fingerprint density at radius 2 is 2.05 bits per heavy atom. The fraction of sp³-hybridized carbons (Fsp3) is 0.368. The van der Waals surface area contributed by atoms with Crippen LogP contribution in [0.2, 0.25) is 0 Å². The average molecular weight is 279 g/mol. The van der Waals surface area contributed by atoms with Gasteiger partial charge < -0.3 is 10.0 Å². The van der Waals surface area contributed by atoms with Gasteiger partial charge in [-0.25, -0.2) is 0 Å². The van der Waals surface area contributed by atoms with E-state index in [0.29, 0.717) is 11.8 Å². The molecule has 0 saturated carbocycles. The SMILES string of the molecule is Cc1ccc2c(c1)CCCN2C1CCc2c(O)cccc21. The topological polar surface area (TPSA) is 23.5 Å². The molecule has 0 fully saturated rings. The summed E-state index contributed by atoms with van der Waals surface area (Å²) in [6.45, 7) is 3.29. The van der Waals surface area contributed by atoms with Gasteiger partial charge in [0.15, 0.2) is 0 Å². The van der Waals surface area contributed by atoms with E-state index in [2.05, 4.69) is 36.1 Å². The predicted octanol–water partition coefficient (Wildman–Crippen LogP) is 4.14. The Hall–Kier alpha value is -1.96. The third-order valence-electron chi connectivity index (χ3n) is 4.98. The summed E-state index contributed by atoms with van der Waals surface area (Å²) in [4.78, 5) is 2.56. The molecule has 2 nitrogen and oxygen atoms in total. The Bertz CT molecular complexity index is 692. The van der Waals surface area contributed by atoms with Crippen LogP contribution in [0.1, 0.15) is 41.1 Å². The number of aryl methyl sites for hydroxylation is 2. The smallest absolute Gasteiger partial charge is 0.119 e. The first-order valence-corrected chi connectivity index (χ1v) is 7.91. The van der Waals surface area contributed by atoms with E-state index in [0.717, 1.165) is 24.9 Å². The van der Waals surface area contributed by atoms with Gasteiger partial charge in [-0.1, -0.05) is 29.8 Å². The van der Waals surface area contributed by atoms with Gasteiger partial charge in [0.05, 0.1) is 6.04 Å². The highest BCUT2D eigenvalue weighted by Crippen LogP contribution is 2.43. The minimum atomic E-state index is 0.425. The van der Waals surface area contributed by atoms with Crippen LogP contribution in [0.15, 0.2) is 36.4 Å². The van der Waals surface area contributed by atoms with E-state index in [1.54, 1.807) is 0 Å². The lowest BCUT2D eigenvalue weighted by atomic mass is 9.96. The molecule has 0 amide bonds. The minimum absolute atomic E-state index is 0.425. The second kappa shape index (κ2) is 4.80. The fourth-order valence-electron chi connectivity index (χ4n) is 4.02. The summed E-state index contributed by atoms with van der Waals surface area (Å²) in [5, 5.41) is 10.1. The molecule has 1 heterocycles. The average Bonchev–Trinajstić information content (AvgIpc) is 2.91. The van der Waals surface area contributed by atoms with Crippen LogP contribution < -0.4 is 4.90 Å². The zero-order valence-electron chi connectivity index (χ0n) is 12.5. The maximum absolute atomic E-state index is 10.1. The molecule has 2 aromatic carbocycles. The second-order valence-electron chi connectivity index (χ2n) is 6.33. The highest BCUT2D eigenvalue weighted by Gasteiger charge is 2.31. The molecular weight excluding hydrogens is 258 g/mol. The van der Waals surface area contributed by atoms with Crippen molar-refractivity contribution in [3.05, 3.63) is 58.7 Å². The van der Waals surface area contributed by atoms with E-state index in [4.69, 9.17) is 0 Å². The summed E-state index contributed by atoms with van der Waals surface area (Å²) in [5.74, 6) is 0.469. The maximum atomic E-state index is 10.1. The molecule has 1 atom stereocenters. The van der Waals surface area contributed by atoms with E-state index in [9.17, 15) is 5.11 Å². The first-order chi connectivity index (χ1) is 10.2. The highest BCUT2D eigenvalue weighted by molar-refractivity contribution is 5.60. The fourth-order valence-corrected chi connectivity index (χ4v) is 4.02. The first-order valence-electron chi connectivity index (χ1n) is 7.91. The summed E-state index contributed by atoms with van der Waals surface area (Å²) in [6.07, 6.45) is 4.51. The van der Waals surface area contributed by atoms with Gasteiger partial charge in [0.2, 0.25) is 0 Å². The molecule has 108 valence electrons. The number of aromatic hydroxyl groups is 1. The highest BCUT2D eigenvalue weighted by atomic mass is 16.3. The molecule has 0 radical (unpaired) electrons. The van der Waals surface area contributed by atoms with Gasteiger partial charge in [-0.05, 0) is 61.4 Å². The molecule has 4 rings (SSSR count). The third-order valence-corrected chi connectivity index (χ3v) is 4.98. The number of phenolic OH excluding ortho intramolecular Hbond substituents is 1. The Kier molecular flexibility index (Phi) is 2.91. The van der Waals surface area contributed by atoms with Gasteiger partial charge in [0.25, 0.3) is 0 Å². The van der Waals surface area contributed by atoms with E-state index in [1.165, 1.54) is 35.2 Å². The van der Waals surface area contributed by atoms with Gasteiger partial charge in [-0.3, -0.25) is 0 Å². The van der Waals surface area contributed by atoms with Crippen LogP contribution in [0, 0.1) is 6.92 Å². The number of hydrogen-bond acceptors (Lipinski definition) is 2. The number of phenols is 1. The largest absolute Gasteiger partial charge is 0.508 e. The molecule has 1 N–H and O–H groups in total. The summed E-state index contributed by atoms with van der Waals surface area (Å²) in [5.41, 5.74) is 6.70. The van der Waals surface area contributed by atoms with Crippen molar-refractivity contribution in [1.82, 2.24) is 0 Å². The van der Waals surface area contributed by atoms with Crippen LogP contribution in [0.25, 0.3) is 0 Å². The zero-order valence-corrected chi connectivity index (χ0v) is 12.5. The van der Waals surface area contributed by atoms with Crippen molar-refractivity contribution in [2.45, 2.75) is 38.6 Å². The standard InChI is InChI=1S/C19H21NO/c1-13-7-9-17-14(12-13)4-3-11-20(17)18-10-8-16-15(18)5-2-6-19(16)21/h2,5-7,9,12,18,21H,3-4,8,10-11H2,1H3. The summed E-state index contributed by atoms with van der Waals surface area (Å²) >= 11 is 0. The molecule has 21 heavy (non-hydrogen) atoms. The van der Waals surface area contributed by atoms with Gasteiger partial charge in [-0.2, -0.15) is 0 Å². The van der Waals surface area contributed by atoms with Crippen LogP contribution >= 0.6 is 0 Å². The maximum Gasteiger partial charge on any atom is 0.119 e. The molecule has 2 aromatic rings. The van der Waals surface area contributed by atoms with Crippen LogP contribution in [0.4, 0.5) is 5.69 Å². The normalized spacial score (nSPS) is 20.2. The monoisotopic (exact) mass is 279 g/mol. The minimum Gasteiger partial charge on any atom is -0.508 e. The molecule has 0 saturated heterocycles. The lowest BCUT2D eigenvalue weighted by Gasteiger charge is -2.37. The Morgan fingerprint density at radius 1 is 1.14 bits per heavy atom. The zero-order chi connectivity index (χ0) is 14.4. The molecule has 1 unspecified atom stereocenters. The molecule has 2 aliphatic rings. The summed E-state index contributed by atoms with van der Waals surface area (Å²) < 4.78 is 0. The number of rotatable bonds is 1. The van der Waals surface area contributed by atoms with Crippen LogP contribution in [0.3, 0.4) is 0 Å². The summed E-state index contributed by atoms with van der Waals surface area (Å²) in [6, 6.07) is 13.2. The van der Waals surface area contributed by atoms with Crippen molar-refractivity contribution in [3.63, 3.8) is 0 Å². The quantitative estimate of drug-likeness (QED) is 0.848. The molecular formula is C19H21NO. The third kappa shape index (κ3) is 2.01. The Labute approximate surface area is 126 Å². The number of nitrogens with zero attached hydrogens (tertiary/aromatic N) is 1. The second-order valence-corrected chi connectivity index (χ2v) is 6.33. The van der Waals surface area contributed by atoms with Crippen LogP contribution in [-0.4, -0.2) is 11.7 Å². The van der Waals surface area contributed by atoms with Crippen molar-refractivity contribution in [1.29, 1.82) is 0 Å². The Balaban J connectivity index is 1.76. The predicted molar refractivity (Wildman–Crippen MR) is 86.0 cm³/mol. The number of anilines is 1. The van der Waals surface area contributed by atoms with Gasteiger partial charge in [-0.15, -0.1) is 0 Å². The van der Waals surface area contributed by atoms with Gasteiger partial charge in [0, 0.05) is 12.2 Å². The Morgan fingerprint density at radius 3 is 2.95 bits per heavy atom. The van der Waals surface area contributed by atoms with Crippen molar-refractivity contribution in [2.24, 2.45) is 0 Å². The van der Waals surface area contributed by atoms with E-state index in [1.807, 2.05) is 12.1 Å². The molecule has 0 bridgehead atoms. The molecule has 0 spiro atoms. The molecule has 0 aromatic heterocycles. The first kappa shape index (κ1) is 12.8. The van der Waals surface area contributed by atoms with Gasteiger partial charge in [0.1, 0.15) is 5.75 Å². The summed E-state index contributed by atoms with van der Waals surface area (Å²) in [7, 11) is 0. The van der Waals surface area contributed by atoms with E-state index >= 15 is 0 Å². The van der Waals surface area contributed by atoms with Crippen molar-refractivity contribution >= 4 is 5.69 Å². The molecule has 1 aliphatic heterocycles. The van der Waals surface area contributed by atoms with Crippen molar-refractivity contribution in [3.8, 4) is 5.75 Å². The lowest BCUT2D eigenvalue weighted by molar-refractivity contribution is 0.469. The number of fused-ring (bicyclic) bond motifs is 2. The van der Waals surface area contributed by atoms with Crippen LogP contribution in [0.5, 0.6) is 5.75 Å². The number of benzene rings is 2. The van der Waals surface area contributed by atoms with E-state index < -0.39 is 0 Å². The molecule has 1 aliphatic carbocycles. The van der Waals surface area contributed by atoms with E-state index in [-0.39, 0.29) is 0 Å².